The lowest BCUT2D eigenvalue weighted by molar-refractivity contribution is -0.870. The Morgan fingerprint density at radius 1 is 0.397 bits per heavy atom. The molecule has 1 N–H and O–H groups in total. The van der Waals surface area contributed by atoms with E-state index < -0.39 is 26.5 Å². The van der Waals surface area contributed by atoms with E-state index in [1.807, 2.05) is 21.1 Å². The lowest BCUT2D eigenvalue weighted by Gasteiger charge is -2.24. The first-order valence-corrected chi connectivity index (χ1v) is 33.1. The maximum absolute atomic E-state index is 12.8. The van der Waals surface area contributed by atoms with Crippen LogP contribution in [0.5, 0.6) is 0 Å². The number of phosphoric acid groups is 1. The molecule has 0 aromatic rings. The standard InChI is InChI=1S/C68H118NO8P/c1-6-8-10-12-14-16-18-20-22-24-25-26-27-28-29-30-31-32-33-34-35-36-37-38-39-40-41-42-43-45-47-49-51-53-55-57-59-61-68(71)77-66(65-76-78(72,73)75-63-62-69(3,4)5)64-74-67(70)60-58-56-54-52-50-48-46-44-23-21-19-17-15-13-11-9-7-2/h8-11,14-17,20-23,25-26,28-29,31-32,66H,6-7,12-13,18-19,24,27,30,33-65H2,1-5H3/p+1/b10-8-,11-9-,16-14-,17-15-,22-20-,23-21-,26-25-,29-28-,32-31-. The van der Waals surface area contributed by atoms with Crippen LogP contribution in [0.25, 0.3) is 0 Å². The normalized spacial score (nSPS) is 14.0. The number of quaternary nitrogens is 1. The average molecular weight is 1110 g/mol. The second-order valence-electron chi connectivity index (χ2n) is 22.0. The summed E-state index contributed by atoms with van der Waals surface area (Å²) in [7, 11) is 1.47. The Morgan fingerprint density at radius 2 is 0.692 bits per heavy atom. The van der Waals surface area contributed by atoms with Gasteiger partial charge >= 0.3 is 19.8 Å². The summed E-state index contributed by atoms with van der Waals surface area (Å²) in [5.74, 6) is -0.807. The van der Waals surface area contributed by atoms with Crippen molar-refractivity contribution < 1.29 is 42.1 Å². The zero-order chi connectivity index (χ0) is 57.0. The number of rotatable bonds is 57. The van der Waals surface area contributed by atoms with E-state index in [1.165, 1.54) is 116 Å². The third-order valence-corrected chi connectivity index (χ3v) is 14.3. The van der Waals surface area contributed by atoms with E-state index in [0.29, 0.717) is 17.4 Å². The van der Waals surface area contributed by atoms with Crippen LogP contribution < -0.4 is 0 Å². The fraction of sp³-hybridized carbons (Fsp3) is 0.706. The lowest BCUT2D eigenvalue weighted by atomic mass is 10.0. The van der Waals surface area contributed by atoms with Crippen molar-refractivity contribution in [1.82, 2.24) is 0 Å². The summed E-state index contributed by atoms with van der Waals surface area (Å²) in [4.78, 5) is 35.7. The molecule has 448 valence electrons. The monoisotopic (exact) mass is 1110 g/mol. The summed E-state index contributed by atoms with van der Waals surface area (Å²) in [6.07, 6.45) is 81.8. The highest BCUT2D eigenvalue weighted by Crippen LogP contribution is 2.43. The number of carbonyl (C=O) groups is 2. The van der Waals surface area contributed by atoms with Gasteiger partial charge in [0.2, 0.25) is 0 Å². The minimum absolute atomic E-state index is 0.0267. The Morgan fingerprint density at radius 3 is 1.03 bits per heavy atom. The van der Waals surface area contributed by atoms with Gasteiger partial charge in [-0.2, -0.15) is 0 Å². The molecule has 0 fully saturated rings. The van der Waals surface area contributed by atoms with Crippen LogP contribution in [0.4, 0.5) is 0 Å². The molecule has 9 nitrogen and oxygen atoms in total. The largest absolute Gasteiger partial charge is 0.472 e. The molecular weight excluding hydrogens is 990 g/mol. The predicted octanol–water partition coefficient (Wildman–Crippen LogP) is 20.2. The lowest BCUT2D eigenvalue weighted by Crippen LogP contribution is -2.37. The third kappa shape index (κ3) is 61.9. The SMILES string of the molecule is CC/C=C\C/C=C\C/C=C\C/C=C\C/C=C\C/C=C\CCCCCCCCCCCCCCCCCCCCC(=O)OC(COC(=O)CCCCCCCCC/C=C\C/C=C\C/C=C\CC)COP(=O)(O)OCC[N+](C)(C)C. The molecule has 0 heterocycles. The van der Waals surface area contributed by atoms with E-state index in [9.17, 15) is 19.0 Å². The van der Waals surface area contributed by atoms with Gasteiger partial charge in [-0.15, -0.1) is 0 Å². The van der Waals surface area contributed by atoms with Crippen molar-refractivity contribution in [3.8, 4) is 0 Å². The summed E-state index contributed by atoms with van der Waals surface area (Å²) in [6, 6.07) is 0. The molecule has 0 bridgehead atoms. The maximum atomic E-state index is 12.8. The minimum atomic E-state index is -4.39. The zero-order valence-corrected chi connectivity index (χ0v) is 51.8. The quantitative estimate of drug-likeness (QED) is 0.0211. The van der Waals surface area contributed by atoms with E-state index in [-0.39, 0.29) is 32.0 Å². The highest BCUT2D eigenvalue weighted by molar-refractivity contribution is 7.47. The van der Waals surface area contributed by atoms with Gasteiger partial charge < -0.3 is 18.9 Å². The van der Waals surface area contributed by atoms with E-state index >= 15 is 0 Å². The third-order valence-electron chi connectivity index (χ3n) is 13.3. The van der Waals surface area contributed by atoms with Crippen molar-refractivity contribution >= 4 is 19.8 Å². The van der Waals surface area contributed by atoms with Crippen LogP contribution in [-0.4, -0.2) is 74.9 Å². The van der Waals surface area contributed by atoms with Crippen molar-refractivity contribution in [3.63, 3.8) is 0 Å². The van der Waals surface area contributed by atoms with Crippen LogP contribution in [-0.2, 0) is 32.7 Å². The van der Waals surface area contributed by atoms with Gasteiger partial charge in [-0.1, -0.05) is 258 Å². The van der Waals surface area contributed by atoms with E-state index in [0.717, 1.165) is 109 Å². The smallest absolute Gasteiger partial charge is 0.462 e. The molecule has 0 aromatic heterocycles. The second kappa shape index (κ2) is 58.3. The number of carbonyl (C=O) groups excluding carboxylic acids is 2. The maximum Gasteiger partial charge on any atom is 0.472 e. The van der Waals surface area contributed by atoms with Gasteiger partial charge in [0, 0.05) is 12.8 Å². The number of phosphoric ester groups is 1. The fourth-order valence-electron chi connectivity index (χ4n) is 8.51. The van der Waals surface area contributed by atoms with Crippen molar-refractivity contribution in [2.75, 3.05) is 47.5 Å². The van der Waals surface area contributed by atoms with Crippen molar-refractivity contribution in [1.29, 1.82) is 0 Å². The zero-order valence-electron chi connectivity index (χ0n) is 50.9. The predicted molar refractivity (Wildman–Crippen MR) is 335 cm³/mol. The first kappa shape index (κ1) is 74.7. The van der Waals surface area contributed by atoms with Crippen LogP contribution in [0, 0.1) is 0 Å². The number of esters is 2. The van der Waals surface area contributed by atoms with Gasteiger partial charge in [0.05, 0.1) is 27.7 Å². The van der Waals surface area contributed by atoms with Crippen LogP contribution in [0.15, 0.2) is 109 Å². The molecule has 0 saturated carbocycles. The molecule has 10 heteroatoms. The Labute approximate surface area is 480 Å². The second-order valence-corrected chi connectivity index (χ2v) is 23.5. The van der Waals surface area contributed by atoms with Crippen molar-refractivity contribution in [2.24, 2.45) is 0 Å². The van der Waals surface area contributed by atoms with Gasteiger partial charge in [0.25, 0.3) is 0 Å². The summed E-state index contributed by atoms with van der Waals surface area (Å²) in [5.41, 5.74) is 0. The molecular formula is C68H119NO8P+. The Bertz CT molecular complexity index is 1680. The molecule has 2 unspecified atom stereocenters. The first-order chi connectivity index (χ1) is 38.0. The molecule has 0 amide bonds. The summed E-state index contributed by atoms with van der Waals surface area (Å²) >= 11 is 0. The van der Waals surface area contributed by atoms with Crippen molar-refractivity contribution in [2.45, 2.75) is 264 Å². The number of allylic oxidation sites excluding steroid dienone is 18. The molecule has 0 aromatic carbocycles. The van der Waals surface area contributed by atoms with E-state index in [1.54, 1.807) is 0 Å². The molecule has 0 aliphatic rings. The van der Waals surface area contributed by atoms with Gasteiger partial charge in [0.15, 0.2) is 6.10 Å². The number of unbranched alkanes of at least 4 members (excludes halogenated alkanes) is 25. The molecule has 0 aliphatic heterocycles. The number of hydrogen-bond acceptors (Lipinski definition) is 7. The molecule has 0 saturated heterocycles. The van der Waals surface area contributed by atoms with Gasteiger partial charge in [-0.25, -0.2) is 4.57 Å². The average Bonchev–Trinajstić information content (AvgIpc) is 3.41. The molecule has 2 atom stereocenters. The number of hydrogen-bond donors (Lipinski definition) is 1. The summed E-state index contributed by atoms with van der Waals surface area (Å²) in [6.45, 7) is 4.20. The highest BCUT2D eigenvalue weighted by Gasteiger charge is 2.27. The summed E-state index contributed by atoms with van der Waals surface area (Å²) in [5, 5.41) is 0. The topological polar surface area (TPSA) is 108 Å². The molecule has 0 radical (unpaired) electrons. The number of likely N-dealkylation sites (N-methyl/N-ethyl adjacent to an activating group) is 1. The van der Waals surface area contributed by atoms with Crippen LogP contribution >= 0.6 is 7.82 Å². The van der Waals surface area contributed by atoms with E-state index in [4.69, 9.17) is 18.5 Å². The van der Waals surface area contributed by atoms with Gasteiger partial charge in [-0.05, 0) is 96.3 Å². The number of nitrogens with zero attached hydrogens (tertiary/aromatic N) is 1. The summed E-state index contributed by atoms with van der Waals surface area (Å²) < 4.78 is 34.6. The van der Waals surface area contributed by atoms with Crippen LogP contribution in [0.3, 0.4) is 0 Å². The van der Waals surface area contributed by atoms with Crippen LogP contribution in [0.1, 0.15) is 258 Å². The molecule has 0 rings (SSSR count). The van der Waals surface area contributed by atoms with Crippen molar-refractivity contribution in [3.05, 3.63) is 109 Å². The van der Waals surface area contributed by atoms with Gasteiger partial charge in [0.1, 0.15) is 19.8 Å². The highest BCUT2D eigenvalue weighted by atomic mass is 31.2. The molecule has 0 aliphatic carbocycles. The van der Waals surface area contributed by atoms with E-state index in [2.05, 4.69) is 123 Å². The van der Waals surface area contributed by atoms with Gasteiger partial charge in [-0.3, -0.25) is 18.6 Å². The Balaban J connectivity index is 4.02. The molecule has 78 heavy (non-hydrogen) atoms. The Kier molecular flexibility index (Phi) is 55.8. The Hall–Kier alpha value is -3.33. The van der Waals surface area contributed by atoms with Crippen LogP contribution in [0.2, 0.25) is 0 Å². The fourth-order valence-corrected chi connectivity index (χ4v) is 9.25. The number of ether oxygens (including phenoxy) is 2. The first-order valence-electron chi connectivity index (χ1n) is 31.6. The minimum Gasteiger partial charge on any atom is -0.462 e. The molecule has 0 spiro atoms.